The monoisotopic (exact) mass is 276 g/mol. The Morgan fingerprint density at radius 2 is 1.82 bits per heavy atom. The number of sulfonamides is 1. The van der Waals surface area contributed by atoms with E-state index in [0.717, 1.165) is 0 Å². The van der Waals surface area contributed by atoms with Crippen LogP contribution in [-0.4, -0.2) is 27.4 Å². The third kappa shape index (κ3) is 3.69. The number of halogens is 1. The molecule has 1 aromatic carbocycles. The number of rotatable bonds is 4. The summed E-state index contributed by atoms with van der Waals surface area (Å²) in [6.45, 7) is 1.46. The molecule has 2 N–H and O–H groups in total. The minimum Gasteiger partial charge on any atom is -0.358 e. The Labute approximate surface area is 105 Å². The average molecular weight is 277 g/mol. The van der Waals surface area contributed by atoms with Crippen LogP contribution in [0.3, 0.4) is 0 Å². The number of carbonyl (C=O) groups excluding carboxylic acids is 1. The van der Waals surface area contributed by atoms with Gasteiger partial charge in [-0.25, -0.2) is 8.42 Å². The number of carbonyl (C=O) groups is 1. The van der Waals surface area contributed by atoms with E-state index >= 15 is 0 Å². The summed E-state index contributed by atoms with van der Waals surface area (Å²) in [6, 6.07) is 4.87. The number of hydrogen-bond acceptors (Lipinski definition) is 3. The van der Waals surface area contributed by atoms with Gasteiger partial charge in [-0.15, -0.1) is 0 Å². The molecule has 1 amide bonds. The lowest BCUT2D eigenvalue weighted by Crippen LogP contribution is -2.43. The normalized spacial score (nSPS) is 13.1. The van der Waals surface area contributed by atoms with E-state index in [-0.39, 0.29) is 4.90 Å². The van der Waals surface area contributed by atoms with Crippen molar-refractivity contribution in [3.63, 3.8) is 0 Å². The van der Waals surface area contributed by atoms with Gasteiger partial charge in [0.25, 0.3) is 0 Å². The molecule has 0 aliphatic rings. The smallest absolute Gasteiger partial charge is 0.241 e. The van der Waals surface area contributed by atoms with Crippen molar-refractivity contribution in [2.24, 2.45) is 0 Å². The molecule has 17 heavy (non-hydrogen) atoms. The van der Waals surface area contributed by atoms with Crippen molar-refractivity contribution in [3.05, 3.63) is 29.3 Å². The molecule has 1 atom stereocenters. The lowest BCUT2D eigenvalue weighted by Gasteiger charge is -2.12. The minimum atomic E-state index is -3.70. The van der Waals surface area contributed by atoms with E-state index in [1.165, 1.54) is 38.2 Å². The second-order valence-corrected chi connectivity index (χ2v) is 5.56. The van der Waals surface area contributed by atoms with Gasteiger partial charge in [-0.2, -0.15) is 4.72 Å². The standard InChI is InChI=1S/C10H13ClN2O3S/c1-7(10(14)12-2)13-17(15,16)9-5-3-8(11)4-6-9/h3-7,13H,1-2H3,(H,12,14)/t7-/m1/s1. The van der Waals surface area contributed by atoms with Gasteiger partial charge < -0.3 is 5.32 Å². The van der Waals surface area contributed by atoms with E-state index in [9.17, 15) is 13.2 Å². The van der Waals surface area contributed by atoms with Gasteiger partial charge in [-0.3, -0.25) is 4.79 Å². The van der Waals surface area contributed by atoms with Crippen LogP contribution in [0.5, 0.6) is 0 Å². The first kappa shape index (κ1) is 14.0. The van der Waals surface area contributed by atoms with Gasteiger partial charge in [0.15, 0.2) is 0 Å². The molecule has 7 heteroatoms. The number of likely N-dealkylation sites (N-methyl/N-ethyl adjacent to an activating group) is 1. The Balaban J connectivity index is 2.89. The maximum Gasteiger partial charge on any atom is 0.241 e. The topological polar surface area (TPSA) is 75.3 Å². The molecule has 0 bridgehead atoms. The Morgan fingerprint density at radius 1 is 1.29 bits per heavy atom. The first-order valence-electron chi connectivity index (χ1n) is 4.86. The highest BCUT2D eigenvalue weighted by molar-refractivity contribution is 7.89. The molecule has 94 valence electrons. The van der Waals surface area contributed by atoms with E-state index in [1.807, 2.05) is 0 Å². The summed E-state index contributed by atoms with van der Waals surface area (Å²) in [6.07, 6.45) is 0. The zero-order valence-corrected chi connectivity index (χ0v) is 11.0. The number of hydrogen-bond donors (Lipinski definition) is 2. The van der Waals surface area contributed by atoms with Crippen LogP contribution in [0.15, 0.2) is 29.2 Å². The summed E-state index contributed by atoms with van der Waals surface area (Å²) in [5.41, 5.74) is 0. The fraction of sp³-hybridized carbons (Fsp3) is 0.300. The van der Waals surface area contributed by atoms with Gasteiger partial charge in [0.1, 0.15) is 0 Å². The second-order valence-electron chi connectivity index (χ2n) is 3.41. The molecule has 0 spiro atoms. The molecular formula is C10H13ClN2O3S. The van der Waals surface area contributed by atoms with Gasteiger partial charge in [0.05, 0.1) is 10.9 Å². The maximum atomic E-state index is 11.8. The van der Waals surface area contributed by atoms with Gasteiger partial charge in [-0.1, -0.05) is 11.6 Å². The maximum absolute atomic E-state index is 11.8. The van der Waals surface area contributed by atoms with Gasteiger partial charge in [0.2, 0.25) is 15.9 Å². The van der Waals surface area contributed by atoms with Crippen LogP contribution in [0.2, 0.25) is 5.02 Å². The number of amides is 1. The van der Waals surface area contributed by atoms with Crippen LogP contribution in [0.1, 0.15) is 6.92 Å². The van der Waals surface area contributed by atoms with Crippen molar-refractivity contribution in [2.75, 3.05) is 7.05 Å². The zero-order chi connectivity index (χ0) is 13.1. The molecule has 5 nitrogen and oxygen atoms in total. The van der Waals surface area contributed by atoms with Crippen LogP contribution in [0, 0.1) is 0 Å². The molecule has 0 fully saturated rings. The van der Waals surface area contributed by atoms with E-state index < -0.39 is 22.0 Å². The van der Waals surface area contributed by atoms with Crippen LogP contribution >= 0.6 is 11.6 Å². The van der Waals surface area contributed by atoms with Crippen molar-refractivity contribution in [1.29, 1.82) is 0 Å². The Bertz CT molecular complexity index is 499. The highest BCUT2D eigenvalue weighted by Gasteiger charge is 2.20. The predicted molar refractivity (Wildman–Crippen MR) is 65.3 cm³/mol. The Hall–Kier alpha value is -1.11. The third-order valence-corrected chi connectivity index (χ3v) is 3.90. The van der Waals surface area contributed by atoms with Crippen LogP contribution in [0.25, 0.3) is 0 Å². The van der Waals surface area contributed by atoms with Crippen LogP contribution in [0.4, 0.5) is 0 Å². The van der Waals surface area contributed by atoms with E-state index in [0.29, 0.717) is 5.02 Å². The van der Waals surface area contributed by atoms with Crippen LogP contribution < -0.4 is 10.0 Å². The number of nitrogens with one attached hydrogen (secondary N) is 2. The lowest BCUT2D eigenvalue weighted by molar-refractivity contribution is -0.121. The first-order valence-corrected chi connectivity index (χ1v) is 6.72. The fourth-order valence-corrected chi connectivity index (χ4v) is 2.51. The summed E-state index contributed by atoms with van der Waals surface area (Å²) in [4.78, 5) is 11.3. The molecule has 0 aromatic heterocycles. The summed E-state index contributed by atoms with van der Waals surface area (Å²) < 4.78 is 25.9. The highest BCUT2D eigenvalue weighted by Crippen LogP contribution is 2.14. The predicted octanol–water partition coefficient (Wildman–Crippen LogP) is 0.753. The third-order valence-electron chi connectivity index (χ3n) is 2.10. The average Bonchev–Trinajstić information content (AvgIpc) is 2.27. The second kappa shape index (κ2) is 5.48. The van der Waals surface area contributed by atoms with Crippen LogP contribution in [-0.2, 0) is 14.8 Å². The molecule has 0 saturated heterocycles. The molecule has 0 aliphatic heterocycles. The first-order chi connectivity index (χ1) is 7.86. The van der Waals surface area contributed by atoms with Crippen molar-refractivity contribution < 1.29 is 13.2 Å². The molecular weight excluding hydrogens is 264 g/mol. The number of benzene rings is 1. The van der Waals surface area contributed by atoms with E-state index in [4.69, 9.17) is 11.6 Å². The van der Waals surface area contributed by atoms with Gasteiger partial charge in [0, 0.05) is 12.1 Å². The van der Waals surface area contributed by atoms with E-state index in [1.54, 1.807) is 0 Å². The van der Waals surface area contributed by atoms with Crippen molar-refractivity contribution >= 4 is 27.5 Å². The highest BCUT2D eigenvalue weighted by atomic mass is 35.5. The molecule has 1 aromatic rings. The van der Waals surface area contributed by atoms with Crippen molar-refractivity contribution in [2.45, 2.75) is 17.9 Å². The zero-order valence-electron chi connectivity index (χ0n) is 9.40. The Kier molecular flexibility index (Phi) is 4.50. The molecule has 0 radical (unpaired) electrons. The van der Waals surface area contributed by atoms with Crippen molar-refractivity contribution in [1.82, 2.24) is 10.0 Å². The lowest BCUT2D eigenvalue weighted by atomic mass is 10.3. The summed E-state index contributed by atoms with van der Waals surface area (Å²) in [5.74, 6) is -0.400. The molecule has 0 aliphatic carbocycles. The molecule has 0 saturated carbocycles. The summed E-state index contributed by atoms with van der Waals surface area (Å²) in [7, 11) is -2.26. The minimum absolute atomic E-state index is 0.0673. The molecule has 1 rings (SSSR count). The summed E-state index contributed by atoms with van der Waals surface area (Å²) >= 11 is 5.66. The van der Waals surface area contributed by atoms with E-state index in [2.05, 4.69) is 10.0 Å². The molecule has 0 heterocycles. The quantitative estimate of drug-likeness (QED) is 0.852. The van der Waals surface area contributed by atoms with Gasteiger partial charge >= 0.3 is 0 Å². The molecule has 0 unspecified atom stereocenters. The largest absolute Gasteiger partial charge is 0.358 e. The SMILES string of the molecule is CNC(=O)[C@@H](C)NS(=O)(=O)c1ccc(Cl)cc1. The Morgan fingerprint density at radius 3 is 2.29 bits per heavy atom. The fourth-order valence-electron chi connectivity index (χ4n) is 1.18. The van der Waals surface area contributed by atoms with Gasteiger partial charge in [-0.05, 0) is 31.2 Å². The summed E-state index contributed by atoms with van der Waals surface area (Å²) in [5, 5.41) is 2.81. The van der Waals surface area contributed by atoms with Crippen molar-refractivity contribution in [3.8, 4) is 0 Å².